The molecule has 0 radical (unpaired) electrons. The number of ether oxygens (including phenoxy) is 2. The molecule has 0 atom stereocenters. The first kappa shape index (κ1) is 14.1. The molecule has 0 spiro atoms. The summed E-state index contributed by atoms with van der Waals surface area (Å²) in [6, 6.07) is 7.22. The number of nitrogens with zero attached hydrogens (tertiary/aromatic N) is 1. The lowest BCUT2D eigenvalue weighted by atomic mass is 10.1. The second-order valence-corrected chi connectivity index (χ2v) is 4.43. The van der Waals surface area contributed by atoms with Crippen molar-refractivity contribution in [3.8, 4) is 5.75 Å². The molecular weight excluding hydrogens is 258 g/mol. The highest BCUT2D eigenvalue weighted by Gasteiger charge is 2.25. The molecule has 0 N–H and O–H groups in total. The smallest absolute Gasteiger partial charge is 0.332 e. The zero-order valence-electron chi connectivity index (χ0n) is 11.6. The van der Waals surface area contributed by atoms with Crippen LogP contribution in [-0.4, -0.2) is 37.5 Å². The van der Waals surface area contributed by atoms with Gasteiger partial charge in [-0.05, 0) is 36.2 Å². The maximum absolute atomic E-state index is 11.9. The van der Waals surface area contributed by atoms with Gasteiger partial charge in [0.25, 0.3) is 0 Å². The van der Waals surface area contributed by atoms with Crippen molar-refractivity contribution >= 4 is 17.6 Å². The van der Waals surface area contributed by atoms with Crippen molar-refractivity contribution < 1.29 is 19.1 Å². The minimum Gasteiger partial charge on any atom is -0.497 e. The van der Waals surface area contributed by atoms with E-state index in [0.29, 0.717) is 18.7 Å². The van der Waals surface area contributed by atoms with E-state index in [2.05, 4.69) is 4.74 Å². The van der Waals surface area contributed by atoms with Crippen LogP contribution in [0.4, 0.5) is 0 Å². The minimum absolute atomic E-state index is 0.0240. The standard InChI is InChI=1S/C15H17NO4/c1-19-12-7-5-11(6-8-12)13(10-15(18)20-2)16-9-3-4-14(16)17/h5-8,10H,3-4,9H2,1-2H3/b13-10-. The summed E-state index contributed by atoms with van der Waals surface area (Å²) in [7, 11) is 2.90. The molecule has 1 saturated heterocycles. The van der Waals surface area contributed by atoms with Crippen molar-refractivity contribution in [2.24, 2.45) is 0 Å². The first-order chi connectivity index (χ1) is 9.65. The lowest BCUT2D eigenvalue weighted by Crippen LogP contribution is -2.23. The summed E-state index contributed by atoms with van der Waals surface area (Å²) in [4.78, 5) is 25.0. The van der Waals surface area contributed by atoms with Crippen LogP contribution in [0.3, 0.4) is 0 Å². The van der Waals surface area contributed by atoms with Gasteiger partial charge in [0.1, 0.15) is 5.75 Å². The van der Waals surface area contributed by atoms with Crippen LogP contribution in [0.25, 0.3) is 5.70 Å². The van der Waals surface area contributed by atoms with E-state index in [4.69, 9.17) is 4.74 Å². The summed E-state index contributed by atoms with van der Waals surface area (Å²) >= 11 is 0. The van der Waals surface area contributed by atoms with E-state index in [1.54, 1.807) is 24.1 Å². The summed E-state index contributed by atoms with van der Waals surface area (Å²) < 4.78 is 9.77. The average Bonchev–Trinajstić information content (AvgIpc) is 2.90. The number of likely N-dealkylation sites (tertiary alicyclic amines) is 1. The number of hydrogen-bond acceptors (Lipinski definition) is 4. The predicted molar refractivity (Wildman–Crippen MR) is 73.9 cm³/mol. The van der Waals surface area contributed by atoms with Gasteiger partial charge >= 0.3 is 5.97 Å². The third-order valence-electron chi connectivity index (χ3n) is 3.21. The maximum atomic E-state index is 11.9. The van der Waals surface area contributed by atoms with E-state index in [0.717, 1.165) is 17.7 Å². The predicted octanol–water partition coefficient (Wildman–Crippen LogP) is 1.83. The second-order valence-electron chi connectivity index (χ2n) is 4.43. The molecule has 0 aromatic heterocycles. The fourth-order valence-electron chi connectivity index (χ4n) is 2.15. The molecule has 5 nitrogen and oxygen atoms in total. The van der Waals surface area contributed by atoms with Gasteiger partial charge in [-0.2, -0.15) is 0 Å². The Labute approximate surface area is 117 Å². The number of rotatable bonds is 4. The Bertz CT molecular complexity index is 533. The Hall–Kier alpha value is -2.30. The highest BCUT2D eigenvalue weighted by atomic mass is 16.5. The van der Waals surface area contributed by atoms with Crippen molar-refractivity contribution in [1.29, 1.82) is 0 Å². The first-order valence-corrected chi connectivity index (χ1v) is 6.40. The van der Waals surface area contributed by atoms with E-state index in [1.165, 1.54) is 13.2 Å². The van der Waals surface area contributed by atoms with Gasteiger partial charge in [-0.25, -0.2) is 4.79 Å². The second kappa shape index (κ2) is 6.23. The maximum Gasteiger partial charge on any atom is 0.332 e. The molecule has 0 bridgehead atoms. The first-order valence-electron chi connectivity index (χ1n) is 6.40. The van der Waals surface area contributed by atoms with Crippen molar-refractivity contribution in [3.05, 3.63) is 35.9 Å². The molecule has 20 heavy (non-hydrogen) atoms. The van der Waals surface area contributed by atoms with E-state index in [-0.39, 0.29) is 5.91 Å². The monoisotopic (exact) mass is 275 g/mol. The van der Waals surface area contributed by atoms with Crippen LogP contribution in [0.1, 0.15) is 18.4 Å². The minimum atomic E-state index is -0.476. The Morgan fingerprint density at radius 3 is 2.45 bits per heavy atom. The molecule has 1 amide bonds. The highest BCUT2D eigenvalue weighted by Crippen LogP contribution is 2.26. The fraction of sp³-hybridized carbons (Fsp3) is 0.333. The number of carbonyl (C=O) groups excluding carboxylic acids is 2. The van der Waals surface area contributed by atoms with Gasteiger partial charge in [0, 0.05) is 19.0 Å². The van der Waals surface area contributed by atoms with Crippen LogP contribution in [0.2, 0.25) is 0 Å². The van der Waals surface area contributed by atoms with E-state index < -0.39 is 5.97 Å². The Balaban J connectivity index is 2.37. The summed E-state index contributed by atoms with van der Waals surface area (Å²) in [6.07, 6.45) is 2.66. The molecule has 1 aliphatic heterocycles. The third-order valence-corrected chi connectivity index (χ3v) is 3.21. The number of methoxy groups -OCH3 is 2. The summed E-state index contributed by atoms with van der Waals surface area (Å²) in [6.45, 7) is 0.619. The molecule has 5 heteroatoms. The number of esters is 1. The Morgan fingerprint density at radius 2 is 1.95 bits per heavy atom. The lowest BCUT2D eigenvalue weighted by Gasteiger charge is -2.20. The molecule has 1 aliphatic rings. The molecule has 0 saturated carbocycles. The molecule has 1 heterocycles. The lowest BCUT2D eigenvalue weighted by molar-refractivity contribution is -0.134. The highest BCUT2D eigenvalue weighted by molar-refractivity contribution is 5.96. The molecular formula is C15H17NO4. The topological polar surface area (TPSA) is 55.8 Å². The molecule has 2 rings (SSSR count). The zero-order valence-corrected chi connectivity index (χ0v) is 11.6. The van der Waals surface area contributed by atoms with Gasteiger partial charge in [0.05, 0.1) is 19.9 Å². The van der Waals surface area contributed by atoms with E-state index in [1.807, 2.05) is 12.1 Å². The van der Waals surface area contributed by atoms with Gasteiger partial charge in [0.15, 0.2) is 0 Å². The van der Waals surface area contributed by atoms with Gasteiger partial charge in [0.2, 0.25) is 5.91 Å². The number of hydrogen-bond donors (Lipinski definition) is 0. The molecule has 0 unspecified atom stereocenters. The van der Waals surface area contributed by atoms with Crippen LogP contribution in [-0.2, 0) is 14.3 Å². The quantitative estimate of drug-likeness (QED) is 0.621. The summed E-state index contributed by atoms with van der Waals surface area (Å²) in [5.74, 6) is 0.269. The van der Waals surface area contributed by atoms with Gasteiger partial charge in [-0.1, -0.05) is 0 Å². The number of carbonyl (C=O) groups is 2. The van der Waals surface area contributed by atoms with Crippen molar-refractivity contribution in [3.63, 3.8) is 0 Å². The van der Waals surface area contributed by atoms with Crippen LogP contribution in [0, 0.1) is 0 Å². The Morgan fingerprint density at radius 1 is 1.25 bits per heavy atom. The molecule has 1 fully saturated rings. The van der Waals surface area contributed by atoms with Gasteiger partial charge in [-0.3, -0.25) is 4.79 Å². The third kappa shape index (κ3) is 2.99. The molecule has 106 valence electrons. The summed E-state index contributed by atoms with van der Waals surface area (Å²) in [5, 5.41) is 0. The van der Waals surface area contributed by atoms with Crippen molar-refractivity contribution in [2.75, 3.05) is 20.8 Å². The fourth-order valence-corrected chi connectivity index (χ4v) is 2.15. The van der Waals surface area contributed by atoms with E-state index in [9.17, 15) is 9.59 Å². The van der Waals surface area contributed by atoms with Crippen molar-refractivity contribution in [1.82, 2.24) is 4.90 Å². The van der Waals surface area contributed by atoms with Crippen molar-refractivity contribution in [2.45, 2.75) is 12.8 Å². The SMILES string of the molecule is COC(=O)/C=C(/c1ccc(OC)cc1)N1CCCC1=O. The van der Waals surface area contributed by atoms with Crippen LogP contribution in [0.5, 0.6) is 5.75 Å². The molecule has 1 aromatic rings. The largest absolute Gasteiger partial charge is 0.497 e. The van der Waals surface area contributed by atoms with Gasteiger partial charge in [-0.15, -0.1) is 0 Å². The van der Waals surface area contributed by atoms with Crippen LogP contribution < -0.4 is 4.74 Å². The van der Waals surface area contributed by atoms with Crippen LogP contribution >= 0.6 is 0 Å². The molecule has 1 aromatic carbocycles. The summed E-state index contributed by atoms with van der Waals surface area (Å²) in [5.41, 5.74) is 1.36. The van der Waals surface area contributed by atoms with Crippen LogP contribution in [0.15, 0.2) is 30.3 Å². The average molecular weight is 275 g/mol. The van der Waals surface area contributed by atoms with Gasteiger partial charge < -0.3 is 14.4 Å². The van der Waals surface area contributed by atoms with E-state index >= 15 is 0 Å². The number of benzene rings is 1. The zero-order chi connectivity index (χ0) is 14.5. The normalized spacial score (nSPS) is 15.4. The molecule has 0 aliphatic carbocycles. The number of amides is 1. The Kier molecular flexibility index (Phi) is 4.40.